The monoisotopic (exact) mass is 343 g/mol. The van der Waals surface area contributed by atoms with Gasteiger partial charge in [-0.05, 0) is 20.3 Å². The molecule has 4 heterocycles. The number of nitrogens with zero attached hydrogens (tertiary/aromatic N) is 4. The van der Waals surface area contributed by atoms with E-state index < -0.39 is 0 Å². The molecule has 2 aromatic rings. The van der Waals surface area contributed by atoms with E-state index in [1.807, 2.05) is 23.6 Å². The van der Waals surface area contributed by atoms with E-state index in [0.29, 0.717) is 38.3 Å². The van der Waals surface area contributed by atoms with Gasteiger partial charge in [0.15, 0.2) is 0 Å². The highest BCUT2D eigenvalue weighted by molar-refractivity contribution is 5.92. The molecule has 8 heteroatoms. The van der Waals surface area contributed by atoms with Crippen molar-refractivity contribution in [3.8, 4) is 0 Å². The molecule has 25 heavy (non-hydrogen) atoms. The Kier molecular flexibility index (Phi) is 3.63. The lowest BCUT2D eigenvalue weighted by molar-refractivity contribution is -0.128. The highest BCUT2D eigenvalue weighted by atomic mass is 16.5. The van der Waals surface area contributed by atoms with Crippen molar-refractivity contribution in [1.82, 2.24) is 24.9 Å². The minimum absolute atomic E-state index is 0.0500. The highest BCUT2D eigenvalue weighted by Gasteiger charge is 2.48. The number of carbonyl (C=O) groups excluding carboxylic acids is 2. The third-order valence-electron chi connectivity index (χ3n) is 5.39. The van der Waals surface area contributed by atoms with Gasteiger partial charge >= 0.3 is 0 Å². The first-order valence-corrected chi connectivity index (χ1v) is 8.45. The van der Waals surface area contributed by atoms with Gasteiger partial charge in [-0.1, -0.05) is 5.16 Å². The van der Waals surface area contributed by atoms with Gasteiger partial charge < -0.3 is 19.3 Å². The van der Waals surface area contributed by atoms with Crippen molar-refractivity contribution < 1.29 is 14.1 Å². The SMILES string of the molecule is Cc1noc(C)c1CN1CC2(CCN(C(=O)c3cnc[nH]3)C2)CC1=O. The van der Waals surface area contributed by atoms with Crippen LogP contribution in [0.3, 0.4) is 0 Å². The molecule has 1 unspecified atom stereocenters. The van der Waals surface area contributed by atoms with Gasteiger partial charge in [-0.25, -0.2) is 4.98 Å². The number of hydrogen-bond acceptors (Lipinski definition) is 5. The van der Waals surface area contributed by atoms with E-state index in [4.69, 9.17) is 4.52 Å². The molecule has 2 aliphatic heterocycles. The molecule has 132 valence electrons. The Balaban J connectivity index is 1.46. The van der Waals surface area contributed by atoms with Crippen LogP contribution in [0.15, 0.2) is 17.0 Å². The van der Waals surface area contributed by atoms with Gasteiger partial charge in [0.25, 0.3) is 5.91 Å². The molecule has 0 aromatic carbocycles. The van der Waals surface area contributed by atoms with Crippen molar-refractivity contribution in [2.24, 2.45) is 5.41 Å². The van der Waals surface area contributed by atoms with Crippen LogP contribution in [0, 0.1) is 19.3 Å². The average molecular weight is 343 g/mol. The van der Waals surface area contributed by atoms with E-state index in [9.17, 15) is 9.59 Å². The molecular weight excluding hydrogens is 322 g/mol. The van der Waals surface area contributed by atoms with E-state index in [0.717, 1.165) is 23.4 Å². The van der Waals surface area contributed by atoms with E-state index in [1.165, 1.54) is 12.5 Å². The smallest absolute Gasteiger partial charge is 0.271 e. The Morgan fingerprint density at radius 2 is 2.24 bits per heavy atom. The maximum atomic E-state index is 12.5. The zero-order valence-corrected chi connectivity index (χ0v) is 14.4. The maximum absolute atomic E-state index is 12.5. The molecule has 2 fully saturated rings. The number of rotatable bonds is 3. The van der Waals surface area contributed by atoms with Crippen LogP contribution in [0.5, 0.6) is 0 Å². The molecule has 2 aromatic heterocycles. The zero-order valence-electron chi connectivity index (χ0n) is 14.4. The van der Waals surface area contributed by atoms with Gasteiger partial charge in [0.2, 0.25) is 5.91 Å². The van der Waals surface area contributed by atoms with E-state index >= 15 is 0 Å². The Hall–Kier alpha value is -2.64. The number of nitrogens with one attached hydrogen (secondary N) is 1. The van der Waals surface area contributed by atoms with Crippen molar-refractivity contribution in [2.75, 3.05) is 19.6 Å². The summed E-state index contributed by atoms with van der Waals surface area (Å²) in [7, 11) is 0. The standard InChI is InChI=1S/C17H21N5O3/c1-11-13(12(2)25-20-11)7-22-9-17(5-15(22)23)3-4-21(8-17)16(24)14-6-18-10-19-14/h6,10H,3-5,7-9H2,1-2H3,(H,18,19). The van der Waals surface area contributed by atoms with Gasteiger partial charge in [-0.3, -0.25) is 9.59 Å². The molecule has 2 amide bonds. The minimum Gasteiger partial charge on any atom is -0.361 e. The fraction of sp³-hybridized carbons (Fsp3) is 0.529. The normalized spacial score (nSPS) is 23.2. The summed E-state index contributed by atoms with van der Waals surface area (Å²) in [5.74, 6) is 0.843. The molecule has 1 spiro atoms. The predicted octanol–water partition coefficient (Wildman–Crippen LogP) is 1.28. The number of carbonyl (C=O) groups is 2. The van der Waals surface area contributed by atoms with Crippen molar-refractivity contribution in [1.29, 1.82) is 0 Å². The Labute approximate surface area is 145 Å². The summed E-state index contributed by atoms with van der Waals surface area (Å²) in [5.41, 5.74) is 2.16. The van der Waals surface area contributed by atoms with Crippen LogP contribution in [-0.2, 0) is 11.3 Å². The molecule has 0 radical (unpaired) electrons. The summed E-state index contributed by atoms with van der Waals surface area (Å²) in [6.45, 7) is 6.23. The molecule has 4 rings (SSSR count). The first kappa shape index (κ1) is 15.9. The molecule has 1 N–H and O–H groups in total. The lowest BCUT2D eigenvalue weighted by Crippen LogP contribution is -2.34. The molecule has 8 nitrogen and oxygen atoms in total. The number of aromatic nitrogens is 3. The van der Waals surface area contributed by atoms with Crippen LogP contribution >= 0.6 is 0 Å². The van der Waals surface area contributed by atoms with Gasteiger partial charge in [0.05, 0.1) is 24.8 Å². The predicted molar refractivity (Wildman–Crippen MR) is 87.6 cm³/mol. The van der Waals surface area contributed by atoms with Crippen LogP contribution in [0.2, 0.25) is 0 Å². The van der Waals surface area contributed by atoms with Crippen LogP contribution in [-0.4, -0.2) is 56.4 Å². The average Bonchev–Trinajstić information content (AvgIpc) is 3.34. The van der Waals surface area contributed by atoms with E-state index in [-0.39, 0.29) is 17.2 Å². The van der Waals surface area contributed by atoms with Gasteiger partial charge in [0, 0.05) is 37.0 Å². The second kappa shape index (κ2) is 5.72. The lowest BCUT2D eigenvalue weighted by atomic mass is 9.86. The molecule has 1 atom stereocenters. The topological polar surface area (TPSA) is 95.3 Å². The van der Waals surface area contributed by atoms with Crippen LogP contribution in [0.25, 0.3) is 0 Å². The van der Waals surface area contributed by atoms with Gasteiger partial charge in [-0.15, -0.1) is 0 Å². The number of hydrogen-bond donors (Lipinski definition) is 1. The zero-order chi connectivity index (χ0) is 17.6. The third-order valence-corrected chi connectivity index (χ3v) is 5.39. The van der Waals surface area contributed by atoms with Crippen LogP contribution in [0.4, 0.5) is 0 Å². The van der Waals surface area contributed by atoms with Crippen LogP contribution in [0.1, 0.15) is 40.3 Å². The Bertz CT molecular complexity index is 793. The maximum Gasteiger partial charge on any atom is 0.271 e. The third kappa shape index (κ3) is 2.71. The fourth-order valence-corrected chi connectivity index (χ4v) is 3.97. The van der Waals surface area contributed by atoms with Crippen molar-refractivity contribution in [3.05, 3.63) is 35.2 Å². The number of likely N-dealkylation sites (tertiary alicyclic amines) is 2. The number of amides is 2. The van der Waals surface area contributed by atoms with Crippen molar-refractivity contribution in [2.45, 2.75) is 33.2 Å². The van der Waals surface area contributed by atoms with Crippen molar-refractivity contribution >= 4 is 11.8 Å². The highest BCUT2D eigenvalue weighted by Crippen LogP contribution is 2.41. The molecular formula is C17H21N5O3. The van der Waals surface area contributed by atoms with Crippen LogP contribution < -0.4 is 0 Å². The van der Waals surface area contributed by atoms with Gasteiger partial charge in [0.1, 0.15) is 11.5 Å². The number of H-pyrrole nitrogens is 1. The minimum atomic E-state index is -0.147. The lowest BCUT2D eigenvalue weighted by Gasteiger charge is -2.24. The summed E-state index contributed by atoms with van der Waals surface area (Å²) in [4.78, 5) is 35.5. The van der Waals surface area contributed by atoms with E-state index in [2.05, 4.69) is 15.1 Å². The van der Waals surface area contributed by atoms with E-state index in [1.54, 1.807) is 0 Å². The molecule has 2 saturated heterocycles. The summed E-state index contributed by atoms with van der Waals surface area (Å²) in [6.07, 6.45) is 4.38. The first-order valence-electron chi connectivity index (χ1n) is 8.45. The molecule has 0 aliphatic carbocycles. The Morgan fingerprint density at radius 3 is 2.92 bits per heavy atom. The van der Waals surface area contributed by atoms with Gasteiger partial charge in [-0.2, -0.15) is 0 Å². The number of aromatic amines is 1. The molecule has 0 saturated carbocycles. The molecule has 0 bridgehead atoms. The molecule has 2 aliphatic rings. The number of imidazole rings is 1. The van der Waals surface area contributed by atoms with Crippen molar-refractivity contribution in [3.63, 3.8) is 0 Å². The first-order chi connectivity index (χ1) is 12.0. The summed E-state index contributed by atoms with van der Waals surface area (Å²) in [5, 5.41) is 3.96. The second-order valence-electron chi connectivity index (χ2n) is 7.17. The Morgan fingerprint density at radius 1 is 1.40 bits per heavy atom. The summed E-state index contributed by atoms with van der Waals surface area (Å²) < 4.78 is 5.20. The summed E-state index contributed by atoms with van der Waals surface area (Å²) in [6, 6.07) is 0. The summed E-state index contributed by atoms with van der Waals surface area (Å²) >= 11 is 0. The second-order valence-corrected chi connectivity index (χ2v) is 7.17. The number of aryl methyl sites for hydroxylation is 2. The fourth-order valence-electron chi connectivity index (χ4n) is 3.97. The largest absolute Gasteiger partial charge is 0.361 e. The quantitative estimate of drug-likeness (QED) is 0.906.